The normalized spacial score (nSPS) is 10.7. The summed E-state index contributed by atoms with van der Waals surface area (Å²) in [4.78, 5) is 4.42. The lowest BCUT2D eigenvalue weighted by Crippen LogP contribution is -1.90. The second-order valence-electron chi connectivity index (χ2n) is 3.68. The molecule has 0 spiro atoms. The highest BCUT2D eigenvalue weighted by molar-refractivity contribution is 7.15. The molecule has 90 valence electrons. The predicted octanol–water partition coefficient (Wildman–Crippen LogP) is 1.50. The highest BCUT2D eigenvalue weighted by Gasteiger charge is 2.08. The van der Waals surface area contributed by atoms with Gasteiger partial charge in [0.15, 0.2) is 5.82 Å². The third-order valence-electron chi connectivity index (χ3n) is 2.36. The van der Waals surface area contributed by atoms with Crippen LogP contribution in [0, 0.1) is 0 Å². The minimum absolute atomic E-state index is 0.466. The molecule has 0 radical (unpaired) electrons. The van der Waals surface area contributed by atoms with Gasteiger partial charge in [-0.2, -0.15) is 5.10 Å². The summed E-state index contributed by atoms with van der Waals surface area (Å²) in [6, 6.07) is 9.81. The molecule has 3 N–H and O–H groups in total. The van der Waals surface area contributed by atoms with Crippen molar-refractivity contribution >= 4 is 16.5 Å². The minimum Gasteiger partial charge on any atom is -0.374 e. The summed E-state index contributed by atoms with van der Waals surface area (Å²) in [6.07, 6.45) is 0.564. The van der Waals surface area contributed by atoms with Crippen molar-refractivity contribution in [1.29, 1.82) is 0 Å². The number of nitrogens with one attached hydrogen (secondary N) is 1. The Morgan fingerprint density at radius 1 is 1.17 bits per heavy atom. The van der Waals surface area contributed by atoms with Crippen LogP contribution in [0.15, 0.2) is 30.3 Å². The van der Waals surface area contributed by atoms with Gasteiger partial charge < -0.3 is 5.73 Å². The maximum absolute atomic E-state index is 5.53. The van der Waals surface area contributed by atoms with Crippen LogP contribution in [0.1, 0.15) is 10.8 Å². The number of nitrogens with zero attached hydrogens (tertiary/aromatic N) is 4. The van der Waals surface area contributed by atoms with Crippen LogP contribution in [0.2, 0.25) is 0 Å². The zero-order valence-corrected chi connectivity index (χ0v) is 10.2. The third-order valence-corrected chi connectivity index (χ3v) is 3.12. The molecule has 0 aliphatic carbocycles. The second kappa shape index (κ2) is 4.53. The van der Waals surface area contributed by atoms with E-state index in [-0.39, 0.29) is 0 Å². The summed E-state index contributed by atoms with van der Waals surface area (Å²) in [5.41, 5.74) is 6.51. The van der Waals surface area contributed by atoms with Crippen LogP contribution in [0.5, 0.6) is 0 Å². The largest absolute Gasteiger partial charge is 0.374 e. The fourth-order valence-electron chi connectivity index (χ4n) is 1.57. The van der Waals surface area contributed by atoms with Crippen molar-refractivity contribution in [2.75, 3.05) is 5.73 Å². The van der Waals surface area contributed by atoms with Gasteiger partial charge in [-0.3, -0.25) is 5.10 Å². The number of hydrogen-bond donors (Lipinski definition) is 2. The Labute approximate surface area is 107 Å². The molecule has 18 heavy (non-hydrogen) atoms. The van der Waals surface area contributed by atoms with Crippen molar-refractivity contribution in [1.82, 2.24) is 25.4 Å². The van der Waals surface area contributed by atoms with E-state index in [1.54, 1.807) is 0 Å². The number of hydrogen-bond acceptors (Lipinski definition) is 6. The van der Waals surface area contributed by atoms with E-state index in [9.17, 15) is 0 Å². The Kier molecular flexibility index (Phi) is 2.73. The van der Waals surface area contributed by atoms with Gasteiger partial charge in [0.1, 0.15) is 10.8 Å². The SMILES string of the molecule is Nc1nnc(Cc2nc(-c3ccccc3)n[nH]2)s1. The molecule has 0 aliphatic heterocycles. The van der Waals surface area contributed by atoms with E-state index in [2.05, 4.69) is 25.4 Å². The van der Waals surface area contributed by atoms with Crippen molar-refractivity contribution in [2.45, 2.75) is 6.42 Å². The van der Waals surface area contributed by atoms with Gasteiger partial charge in [0.25, 0.3) is 0 Å². The average Bonchev–Trinajstić information content (AvgIpc) is 3.01. The lowest BCUT2D eigenvalue weighted by Gasteiger charge is -1.91. The van der Waals surface area contributed by atoms with E-state index in [1.165, 1.54) is 11.3 Å². The summed E-state index contributed by atoms with van der Waals surface area (Å²) < 4.78 is 0. The van der Waals surface area contributed by atoms with Gasteiger partial charge in [0.05, 0.1) is 6.42 Å². The molecule has 3 rings (SSSR count). The quantitative estimate of drug-likeness (QED) is 0.742. The van der Waals surface area contributed by atoms with Crippen LogP contribution < -0.4 is 5.73 Å². The number of aromatic amines is 1. The first-order valence-corrected chi connectivity index (χ1v) is 6.17. The van der Waals surface area contributed by atoms with Crippen molar-refractivity contribution < 1.29 is 0 Å². The summed E-state index contributed by atoms with van der Waals surface area (Å²) in [5.74, 6) is 1.44. The number of H-pyrrole nitrogens is 1. The molecule has 2 aromatic heterocycles. The van der Waals surface area contributed by atoms with Gasteiger partial charge >= 0.3 is 0 Å². The Hall–Kier alpha value is -2.28. The Balaban J connectivity index is 1.82. The third kappa shape index (κ3) is 2.21. The minimum atomic E-state index is 0.466. The highest BCUT2D eigenvalue weighted by Crippen LogP contribution is 2.17. The van der Waals surface area contributed by atoms with E-state index in [0.717, 1.165) is 16.4 Å². The first kappa shape index (κ1) is 10.8. The van der Waals surface area contributed by atoms with Gasteiger partial charge in [-0.1, -0.05) is 41.7 Å². The molecule has 2 heterocycles. The van der Waals surface area contributed by atoms with E-state index in [0.29, 0.717) is 17.4 Å². The smallest absolute Gasteiger partial charge is 0.203 e. The van der Waals surface area contributed by atoms with Gasteiger partial charge in [0, 0.05) is 5.56 Å². The molecule has 0 atom stereocenters. The fourth-order valence-corrected chi connectivity index (χ4v) is 2.19. The summed E-state index contributed by atoms with van der Waals surface area (Å²) in [5, 5.41) is 16.1. The van der Waals surface area contributed by atoms with Crippen molar-refractivity contribution in [3.8, 4) is 11.4 Å². The molecule has 0 saturated carbocycles. The molecule has 3 aromatic rings. The molecule has 0 bridgehead atoms. The van der Waals surface area contributed by atoms with Gasteiger partial charge in [0.2, 0.25) is 5.13 Å². The monoisotopic (exact) mass is 258 g/mol. The van der Waals surface area contributed by atoms with E-state index in [4.69, 9.17) is 5.73 Å². The van der Waals surface area contributed by atoms with Crippen molar-refractivity contribution in [3.63, 3.8) is 0 Å². The van der Waals surface area contributed by atoms with Crippen LogP contribution in [0.25, 0.3) is 11.4 Å². The average molecular weight is 258 g/mol. The maximum Gasteiger partial charge on any atom is 0.203 e. The summed E-state index contributed by atoms with van der Waals surface area (Å²) in [6.45, 7) is 0. The molecular formula is C11H10N6S. The number of benzene rings is 1. The van der Waals surface area contributed by atoms with E-state index in [1.807, 2.05) is 30.3 Å². The fraction of sp³-hybridized carbons (Fsp3) is 0.0909. The summed E-state index contributed by atoms with van der Waals surface area (Å²) in [7, 11) is 0. The van der Waals surface area contributed by atoms with Crippen LogP contribution in [0.3, 0.4) is 0 Å². The van der Waals surface area contributed by atoms with E-state index >= 15 is 0 Å². The molecule has 0 aliphatic rings. The van der Waals surface area contributed by atoms with Gasteiger partial charge in [-0.25, -0.2) is 4.98 Å². The molecular weight excluding hydrogens is 248 g/mol. The number of aromatic nitrogens is 5. The second-order valence-corrected chi connectivity index (χ2v) is 4.78. The lowest BCUT2D eigenvalue weighted by atomic mass is 10.2. The first-order valence-electron chi connectivity index (χ1n) is 5.36. The molecule has 1 aromatic carbocycles. The molecule has 0 fully saturated rings. The van der Waals surface area contributed by atoms with Crippen LogP contribution in [0.4, 0.5) is 5.13 Å². The molecule has 0 unspecified atom stereocenters. The Bertz CT molecular complexity index is 644. The van der Waals surface area contributed by atoms with Crippen LogP contribution in [-0.4, -0.2) is 25.4 Å². The molecule has 6 nitrogen and oxygen atoms in total. The Morgan fingerprint density at radius 3 is 2.72 bits per heavy atom. The van der Waals surface area contributed by atoms with E-state index < -0.39 is 0 Å². The standard InChI is InChI=1S/C11H10N6S/c12-11-17-15-9(18-11)6-8-13-10(16-14-8)7-4-2-1-3-5-7/h1-5H,6H2,(H2,12,17)(H,13,14,16). The Morgan fingerprint density at radius 2 is 2.00 bits per heavy atom. The number of nitrogens with two attached hydrogens (primary N) is 1. The number of nitrogen functional groups attached to an aromatic ring is 1. The zero-order chi connectivity index (χ0) is 12.4. The van der Waals surface area contributed by atoms with Gasteiger partial charge in [-0.15, -0.1) is 10.2 Å². The first-order chi connectivity index (χ1) is 8.81. The number of rotatable bonds is 3. The maximum atomic E-state index is 5.53. The highest BCUT2D eigenvalue weighted by atomic mass is 32.1. The molecule has 0 saturated heterocycles. The molecule has 0 amide bonds. The van der Waals surface area contributed by atoms with Crippen molar-refractivity contribution in [3.05, 3.63) is 41.2 Å². The topological polar surface area (TPSA) is 93.4 Å². The number of anilines is 1. The molecule has 7 heteroatoms. The van der Waals surface area contributed by atoms with Crippen LogP contribution in [-0.2, 0) is 6.42 Å². The predicted molar refractivity (Wildman–Crippen MR) is 68.9 cm³/mol. The van der Waals surface area contributed by atoms with Gasteiger partial charge in [-0.05, 0) is 0 Å². The lowest BCUT2D eigenvalue weighted by molar-refractivity contribution is 0.932. The van der Waals surface area contributed by atoms with Crippen molar-refractivity contribution in [2.24, 2.45) is 0 Å². The van der Waals surface area contributed by atoms with Crippen LogP contribution >= 0.6 is 11.3 Å². The zero-order valence-electron chi connectivity index (χ0n) is 9.37. The summed E-state index contributed by atoms with van der Waals surface area (Å²) >= 11 is 1.36.